The second kappa shape index (κ2) is 9.27. The Hall–Kier alpha value is -3.08. The lowest BCUT2D eigenvalue weighted by Gasteiger charge is -2.06. The van der Waals surface area contributed by atoms with Gasteiger partial charge in [0.1, 0.15) is 5.75 Å². The van der Waals surface area contributed by atoms with Gasteiger partial charge in [-0.1, -0.05) is 29.8 Å². The van der Waals surface area contributed by atoms with Crippen molar-refractivity contribution in [1.29, 1.82) is 0 Å². The van der Waals surface area contributed by atoms with Crippen LogP contribution in [-0.4, -0.2) is 25.5 Å². The van der Waals surface area contributed by atoms with Crippen LogP contribution in [-0.2, 0) is 9.59 Å². The number of hydrogen-bond acceptors (Lipinski definition) is 3. The molecule has 2 rings (SSSR count). The van der Waals surface area contributed by atoms with Crippen LogP contribution in [0.1, 0.15) is 17.5 Å². The van der Waals surface area contributed by atoms with Gasteiger partial charge in [0.2, 0.25) is 11.8 Å². The van der Waals surface area contributed by atoms with Crippen molar-refractivity contribution in [3.63, 3.8) is 0 Å². The topological polar surface area (TPSA) is 67.4 Å². The number of carbonyl (C=O) groups excluding carboxylic acids is 2. The monoisotopic (exact) mass is 338 g/mol. The lowest BCUT2D eigenvalue weighted by atomic mass is 10.2. The van der Waals surface area contributed by atoms with Crippen molar-refractivity contribution in [2.45, 2.75) is 13.3 Å². The molecular formula is C20H22N2O3. The van der Waals surface area contributed by atoms with E-state index in [0.29, 0.717) is 0 Å². The number of aryl methyl sites for hydroxylation is 1. The van der Waals surface area contributed by atoms with Crippen LogP contribution in [0.25, 0.3) is 6.08 Å². The fraction of sp³-hybridized carbons (Fsp3) is 0.200. The highest BCUT2D eigenvalue weighted by molar-refractivity contribution is 5.93. The van der Waals surface area contributed by atoms with Crippen LogP contribution in [0, 0.1) is 6.92 Å². The van der Waals surface area contributed by atoms with E-state index in [9.17, 15) is 9.59 Å². The summed E-state index contributed by atoms with van der Waals surface area (Å²) in [6.07, 6.45) is 3.37. The number of ether oxygens (including phenoxy) is 1. The van der Waals surface area contributed by atoms with Crippen LogP contribution >= 0.6 is 0 Å². The molecule has 0 fully saturated rings. The maximum absolute atomic E-state index is 11.8. The van der Waals surface area contributed by atoms with Crippen LogP contribution in [0.15, 0.2) is 54.6 Å². The zero-order valence-electron chi connectivity index (χ0n) is 14.4. The third-order valence-corrected chi connectivity index (χ3v) is 3.53. The molecule has 0 saturated heterocycles. The molecular weight excluding hydrogens is 316 g/mol. The van der Waals surface area contributed by atoms with Crippen LogP contribution in [0.3, 0.4) is 0 Å². The number of nitrogens with one attached hydrogen (secondary N) is 2. The van der Waals surface area contributed by atoms with Gasteiger partial charge in [0.05, 0.1) is 7.11 Å². The molecule has 0 atom stereocenters. The van der Waals surface area contributed by atoms with E-state index < -0.39 is 0 Å². The summed E-state index contributed by atoms with van der Waals surface area (Å²) >= 11 is 0. The molecule has 0 aliphatic carbocycles. The fourth-order valence-electron chi connectivity index (χ4n) is 2.11. The molecule has 0 bridgehead atoms. The van der Waals surface area contributed by atoms with Crippen molar-refractivity contribution in [3.05, 3.63) is 65.7 Å². The van der Waals surface area contributed by atoms with Gasteiger partial charge in [0.25, 0.3) is 0 Å². The van der Waals surface area contributed by atoms with Crippen molar-refractivity contribution in [3.8, 4) is 5.75 Å². The summed E-state index contributed by atoms with van der Waals surface area (Å²) < 4.78 is 5.08. The smallest absolute Gasteiger partial charge is 0.244 e. The zero-order chi connectivity index (χ0) is 18.1. The Bertz CT molecular complexity index is 735. The highest BCUT2D eigenvalue weighted by atomic mass is 16.5. The van der Waals surface area contributed by atoms with Gasteiger partial charge in [0, 0.05) is 24.7 Å². The van der Waals surface area contributed by atoms with E-state index in [1.165, 1.54) is 6.08 Å². The van der Waals surface area contributed by atoms with E-state index in [4.69, 9.17) is 4.74 Å². The van der Waals surface area contributed by atoms with Crippen LogP contribution in [0.5, 0.6) is 5.75 Å². The molecule has 0 aromatic heterocycles. The standard InChI is InChI=1S/C20H22N2O3/c1-15-3-8-17(9-4-15)22-20(24)13-14-21-19(23)12-7-16-5-10-18(25-2)11-6-16/h3-12H,13-14H2,1-2H3,(H,21,23)(H,22,24). The number of anilines is 1. The molecule has 0 spiro atoms. The van der Waals surface area contributed by atoms with Crippen molar-refractivity contribution in [2.24, 2.45) is 0 Å². The highest BCUT2D eigenvalue weighted by Crippen LogP contribution is 2.12. The van der Waals surface area contributed by atoms with Gasteiger partial charge in [-0.2, -0.15) is 0 Å². The highest BCUT2D eigenvalue weighted by Gasteiger charge is 2.03. The molecule has 2 N–H and O–H groups in total. The molecule has 2 aromatic carbocycles. The first-order valence-electron chi connectivity index (χ1n) is 8.03. The Morgan fingerprint density at radius 3 is 2.36 bits per heavy atom. The average Bonchev–Trinajstić information content (AvgIpc) is 2.62. The van der Waals surface area contributed by atoms with E-state index in [1.807, 2.05) is 55.5 Å². The number of carbonyl (C=O) groups is 2. The third kappa shape index (κ3) is 6.51. The predicted octanol–water partition coefficient (Wildman–Crippen LogP) is 3.16. The molecule has 130 valence electrons. The van der Waals surface area contributed by atoms with Gasteiger partial charge < -0.3 is 15.4 Å². The van der Waals surface area contributed by atoms with E-state index in [2.05, 4.69) is 10.6 Å². The third-order valence-electron chi connectivity index (χ3n) is 3.53. The molecule has 2 amide bonds. The minimum absolute atomic E-state index is 0.136. The first-order valence-corrected chi connectivity index (χ1v) is 8.03. The maximum Gasteiger partial charge on any atom is 0.244 e. The minimum Gasteiger partial charge on any atom is -0.497 e. The van der Waals surface area contributed by atoms with Gasteiger partial charge in [-0.15, -0.1) is 0 Å². The minimum atomic E-state index is -0.237. The van der Waals surface area contributed by atoms with Gasteiger partial charge in [-0.25, -0.2) is 0 Å². The zero-order valence-corrected chi connectivity index (χ0v) is 14.4. The van der Waals surface area contributed by atoms with Crippen molar-refractivity contribution >= 4 is 23.6 Å². The lowest BCUT2D eigenvalue weighted by molar-refractivity contribution is -0.117. The molecule has 5 heteroatoms. The molecule has 0 radical (unpaired) electrons. The molecule has 0 saturated carbocycles. The summed E-state index contributed by atoms with van der Waals surface area (Å²) in [6.45, 7) is 2.27. The molecule has 25 heavy (non-hydrogen) atoms. The molecule has 5 nitrogen and oxygen atoms in total. The summed E-state index contributed by atoms with van der Waals surface area (Å²) in [5.74, 6) is 0.392. The summed E-state index contributed by atoms with van der Waals surface area (Å²) in [6, 6.07) is 14.9. The van der Waals surface area contributed by atoms with Gasteiger partial charge in [-0.05, 0) is 42.8 Å². The van der Waals surface area contributed by atoms with Crippen LogP contribution in [0.4, 0.5) is 5.69 Å². The van der Waals surface area contributed by atoms with E-state index in [-0.39, 0.29) is 24.8 Å². The summed E-state index contributed by atoms with van der Waals surface area (Å²) in [5.41, 5.74) is 2.78. The summed E-state index contributed by atoms with van der Waals surface area (Å²) in [5, 5.41) is 5.48. The van der Waals surface area contributed by atoms with Gasteiger partial charge >= 0.3 is 0 Å². The fourth-order valence-corrected chi connectivity index (χ4v) is 2.11. The number of benzene rings is 2. The summed E-state index contributed by atoms with van der Waals surface area (Å²) in [4.78, 5) is 23.6. The second-order valence-electron chi connectivity index (χ2n) is 5.56. The Morgan fingerprint density at radius 2 is 1.72 bits per heavy atom. The normalized spacial score (nSPS) is 10.5. The van der Waals surface area contributed by atoms with Crippen LogP contribution in [0.2, 0.25) is 0 Å². The Balaban J connectivity index is 1.71. The number of amides is 2. The Morgan fingerprint density at radius 1 is 1.04 bits per heavy atom. The Labute approximate surface area is 147 Å². The maximum atomic E-state index is 11.8. The first-order chi connectivity index (χ1) is 12.1. The van der Waals surface area contributed by atoms with Gasteiger partial charge in [-0.3, -0.25) is 9.59 Å². The number of rotatable bonds is 7. The van der Waals surface area contributed by atoms with Crippen molar-refractivity contribution < 1.29 is 14.3 Å². The van der Waals surface area contributed by atoms with Crippen molar-refractivity contribution in [1.82, 2.24) is 5.32 Å². The Kier molecular flexibility index (Phi) is 6.77. The number of methoxy groups -OCH3 is 1. The second-order valence-corrected chi connectivity index (χ2v) is 5.56. The predicted molar refractivity (Wildman–Crippen MR) is 99.5 cm³/mol. The van der Waals surface area contributed by atoms with E-state index in [0.717, 1.165) is 22.6 Å². The molecule has 0 aliphatic heterocycles. The van der Waals surface area contributed by atoms with Crippen molar-refractivity contribution in [2.75, 3.05) is 19.0 Å². The molecule has 2 aromatic rings. The van der Waals surface area contributed by atoms with E-state index >= 15 is 0 Å². The van der Waals surface area contributed by atoms with Crippen LogP contribution < -0.4 is 15.4 Å². The van der Waals surface area contributed by atoms with E-state index in [1.54, 1.807) is 13.2 Å². The molecule has 0 unspecified atom stereocenters. The first kappa shape index (κ1) is 18.3. The average molecular weight is 338 g/mol. The molecule has 0 heterocycles. The lowest BCUT2D eigenvalue weighted by Crippen LogP contribution is -2.26. The van der Waals surface area contributed by atoms with Gasteiger partial charge in [0.15, 0.2) is 0 Å². The largest absolute Gasteiger partial charge is 0.497 e. The summed E-state index contributed by atoms with van der Waals surface area (Å²) in [7, 11) is 1.60. The SMILES string of the molecule is COc1ccc(C=CC(=O)NCCC(=O)Nc2ccc(C)cc2)cc1. The number of hydrogen-bond donors (Lipinski definition) is 2. The molecule has 0 aliphatic rings. The quantitative estimate of drug-likeness (QED) is 0.762.